The number of benzene rings is 3. The molecular formula is C24H21Cl2N3O3. The Labute approximate surface area is 196 Å². The predicted octanol–water partition coefficient (Wildman–Crippen LogP) is 5.07. The van der Waals surface area contributed by atoms with Crippen LogP contribution in [0.2, 0.25) is 10.0 Å². The molecule has 8 heteroatoms. The van der Waals surface area contributed by atoms with Crippen LogP contribution in [0.5, 0.6) is 5.75 Å². The Kier molecular flexibility index (Phi) is 6.83. The zero-order valence-corrected chi connectivity index (χ0v) is 18.6. The molecule has 6 nitrogen and oxygen atoms in total. The van der Waals surface area contributed by atoms with Gasteiger partial charge in [0.15, 0.2) is 0 Å². The smallest absolute Gasteiger partial charge is 0.243 e. The minimum Gasteiger partial charge on any atom is -0.489 e. The topological polar surface area (TPSA) is 70.7 Å². The van der Waals surface area contributed by atoms with Gasteiger partial charge < -0.3 is 9.64 Å². The zero-order chi connectivity index (χ0) is 22.5. The van der Waals surface area contributed by atoms with E-state index in [2.05, 4.69) is 10.9 Å². The monoisotopic (exact) mass is 469 g/mol. The largest absolute Gasteiger partial charge is 0.489 e. The first kappa shape index (κ1) is 22.0. The number of nitrogens with zero attached hydrogens (tertiary/aromatic N) is 1. The van der Waals surface area contributed by atoms with E-state index in [0.717, 1.165) is 11.3 Å². The lowest BCUT2D eigenvalue weighted by Gasteiger charge is -2.17. The number of halogens is 2. The third kappa shape index (κ3) is 5.33. The molecule has 0 aromatic heterocycles. The molecule has 164 valence electrons. The van der Waals surface area contributed by atoms with Gasteiger partial charge in [0.05, 0.1) is 21.7 Å². The molecule has 0 spiro atoms. The van der Waals surface area contributed by atoms with Crippen LogP contribution in [0.4, 0.5) is 11.4 Å². The Hall–Kier alpha value is -3.22. The van der Waals surface area contributed by atoms with Gasteiger partial charge >= 0.3 is 0 Å². The number of nitrogens with one attached hydrogen (secondary N) is 2. The third-order valence-electron chi connectivity index (χ3n) is 5.12. The van der Waals surface area contributed by atoms with Crippen molar-refractivity contribution in [1.82, 2.24) is 5.43 Å². The Morgan fingerprint density at radius 3 is 2.59 bits per heavy atom. The number of carbonyl (C=O) groups is 2. The summed E-state index contributed by atoms with van der Waals surface area (Å²) in [5, 5.41) is 0.968. The highest BCUT2D eigenvalue weighted by atomic mass is 35.5. The summed E-state index contributed by atoms with van der Waals surface area (Å²) in [6.45, 7) is 0.676. The molecule has 1 saturated heterocycles. The highest BCUT2D eigenvalue weighted by molar-refractivity contribution is 6.42. The number of para-hydroxylation sites is 1. The number of amides is 2. The van der Waals surface area contributed by atoms with E-state index >= 15 is 0 Å². The van der Waals surface area contributed by atoms with E-state index < -0.39 is 5.92 Å². The van der Waals surface area contributed by atoms with E-state index in [-0.39, 0.29) is 18.2 Å². The van der Waals surface area contributed by atoms with Crippen molar-refractivity contribution in [3.8, 4) is 5.75 Å². The van der Waals surface area contributed by atoms with Crippen LogP contribution in [0.3, 0.4) is 0 Å². The molecule has 0 bridgehead atoms. The van der Waals surface area contributed by atoms with Crippen molar-refractivity contribution in [2.24, 2.45) is 5.92 Å². The molecule has 0 saturated carbocycles. The Morgan fingerprint density at radius 1 is 1.00 bits per heavy atom. The lowest BCUT2D eigenvalue weighted by Crippen LogP contribution is -2.36. The van der Waals surface area contributed by atoms with Gasteiger partial charge in [-0.05, 0) is 42.0 Å². The lowest BCUT2D eigenvalue weighted by atomic mass is 10.1. The summed E-state index contributed by atoms with van der Waals surface area (Å²) in [5.74, 6) is -0.0983. The fourth-order valence-electron chi connectivity index (χ4n) is 3.44. The number of hydrogen-bond acceptors (Lipinski definition) is 4. The summed E-state index contributed by atoms with van der Waals surface area (Å²) in [6.07, 6.45) is 0.176. The first-order chi connectivity index (χ1) is 15.5. The van der Waals surface area contributed by atoms with Crippen molar-refractivity contribution in [2.45, 2.75) is 13.0 Å². The molecule has 0 aliphatic carbocycles. The summed E-state index contributed by atoms with van der Waals surface area (Å²) in [6, 6.07) is 21.9. The molecule has 3 aromatic carbocycles. The van der Waals surface area contributed by atoms with Crippen LogP contribution in [0.1, 0.15) is 12.0 Å². The third-order valence-corrected chi connectivity index (χ3v) is 5.86. The van der Waals surface area contributed by atoms with Crippen LogP contribution in [-0.4, -0.2) is 18.4 Å². The maximum atomic E-state index is 12.6. The van der Waals surface area contributed by atoms with Gasteiger partial charge in [-0.2, -0.15) is 0 Å². The zero-order valence-electron chi connectivity index (χ0n) is 17.1. The maximum Gasteiger partial charge on any atom is 0.243 e. The Morgan fingerprint density at radius 2 is 1.81 bits per heavy atom. The number of rotatable bonds is 7. The van der Waals surface area contributed by atoms with Gasteiger partial charge in [-0.3, -0.25) is 20.4 Å². The van der Waals surface area contributed by atoms with Crippen molar-refractivity contribution >= 4 is 46.4 Å². The lowest BCUT2D eigenvalue weighted by molar-refractivity contribution is -0.125. The summed E-state index contributed by atoms with van der Waals surface area (Å²) in [5.41, 5.74) is 7.94. The first-order valence-corrected chi connectivity index (χ1v) is 10.8. The molecule has 1 fully saturated rings. The van der Waals surface area contributed by atoms with Gasteiger partial charge in [-0.15, -0.1) is 0 Å². The van der Waals surface area contributed by atoms with E-state index in [1.165, 1.54) is 0 Å². The minimum absolute atomic E-state index is 0.0611. The second-order valence-corrected chi connectivity index (χ2v) is 8.23. The van der Waals surface area contributed by atoms with Gasteiger partial charge in [-0.25, -0.2) is 0 Å². The van der Waals surface area contributed by atoms with Crippen molar-refractivity contribution in [3.63, 3.8) is 0 Å². The Bertz CT molecular complexity index is 1120. The normalized spacial score (nSPS) is 15.5. The van der Waals surface area contributed by atoms with E-state index in [1.54, 1.807) is 23.1 Å². The van der Waals surface area contributed by atoms with Crippen LogP contribution >= 0.6 is 23.2 Å². The van der Waals surface area contributed by atoms with Gasteiger partial charge in [0.1, 0.15) is 12.4 Å². The van der Waals surface area contributed by atoms with E-state index in [0.29, 0.717) is 34.6 Å². The van der Waals surface area contributed by atoms with E-state index in [1.807, 2.05) is 54.6 Å². The van der Waals surface area contributed by atoms with Crippen LogP contribution in [0.15, 0.2) is 72.8 Å². The molecule has 1 aliphatic rings. The number of carbonyl (C=O) groups excluding carboxylic acids is 2. The second-order valence-electron chi connectivity index (χ2n) is 7.42. The molecule has 1 atom stereocenters. The van der Waals surface area contributed by atoms with Crippen molar-refractivity contribution < 1.29 is 14.3 Å². The molecule has 0 radical (unpaired) electrons. The van der Waals surface area contributed by atoms with Crippen molar-refractivity contribution in [3.05, 3.63) is 88.4 Å². The highest BCUT2D eigenvalue weighted by Crippen LogP contribution is 2.26. The maximum absolute atomic E-state index is 12.6. The average Bonchev–Trinajstić information content (AvgIpc) is 3.21. The van der Waals surface area contributed by atoms with Gasteiger partial charge in [0, 0.05) is 24.7 Å². The van der Waals surface area contributed by atoms with Gasteiger partial charge in [0.2, 0.25) is 11.8 Å². The summed E-state index contributed by atoms with van der Waals surface area (Å²) >= 11 is 12.0. The molecular weight excluding hydrogens is 449 g/mol. The molecule has 0 unspecified atom stereocenters. The molecule has 4 rings (SSSR count). The molecule has 2 amide bonds. The van der Waals surface area contributed by atoms with Crippen LogP contribution in [-0.2, 0) is 16.2 Å². The van der Waals surface area contributed by atoms with Crippen LogP contribution in [0.25, 0.3) is 0 Å². The summed E-state index contributed by atoms with van der Waals surface area (Å²) in [4.78, 5) is 26.6. The van der Waals surface area contributed by atoms with E-state index in [9.17, 15) is 9.59 Å². The van der Waals surface area contributed by atoms with E-state index in [4.69, 9.17) is 27.9 Å². The highest BCUT2D eigenvalue weighted by Gasteiger charge is 2.35. The predicted molar refractivity (Wildman–Crippen MR) is 126 cm³/mol. The number of hydrazine groups is 1. The quantitative estimate of drug-likeness (QED) is 0.474. The molecule has 3 aromatic rings. The average molecular weight is 470 g/mol. The number of hydrogen-bond donors (Lipinski definition) is 2. The Balaban J connectivity index is 1.30. The van der Waals surface area contributed by atoms with Crippen molar-refractivity contribution in [2.75, 3.05) is 16.9 Å². The van der Waals surface area contributed by atoms with Gasteiger partial charge in [0.25, 0.3) is 0 Å². The summed E-state index contributed by atoms with van der Waals surface area (Å²) < 4.78 is 5.81. The summed E-state index contributed by atoms with van der Waals surface area (Å²) in [7, 11) is 0. The number of anilines is 2. The molecule has 32 heavy (non-hydrogen) atoms. The van der Waals surface area contributed by atoms with Gasteiger partial charge in [-0.1, -0.05) is 53.5 Å². The van der Waals surface area contributed by atoms with Crippen molar-refractivity contribution in [1.29, 1.82) is 0 Å². The number of ether oxygens (including phenoxy) is 1. The first-order valence-electron chi connectivity index (χ1n) is 10.1. The molecule has 1 heterocycles. The SMILES string of the molecule is O=C(NNc1cccc(OCc2ccc(Cl)c(Cl)c2)c1)[C@@H]1CC(=O)N(c2ccccc2)C1. The molecule has 1 aliphatic heterocycles. The second kappa shape index (κ2) is 9.94. The molecule has 2 N–H and O–H groups in total. The van der Waals surface area contributed by atoms with Crippen LogP contribution < -0.4 is 20.5 Å². The standard InChI is InChI=1S/C24H21Cl2N3O3/c25-21-10-9-16(11-22(21)26)15-32-20-8-4-5-18(13-20)27-28-24(31)17-12-23(30)29(14-17)19-6-2-1-3-7-19/h1-11,13,17,27H,12,14-15H2,(H,28,31)/t17-/m1/s1. The fraction of sp³-hybridized carbons (Fsp3) is 0.167. The minimum atomic E-state index is -0.427. The fourth-order valence-corrected chi connectivity index (χ4v) is 3.76. The van der Waals surface area contributed by atoms with Crippen LogP contribution in [0, 0.1) is 5.92 Å².